The number of nitrogens with zero attached hydrogens (tertiary/aromatic N) is 5. The Bertz CT molecular complexity index is 2460. The van der Waals surface area contributed by atoms with E-state index in [0.717, 1.165) is 11.4 Å². The molecule has 7 N–H and O–H groups in total. The monoisotopic (exact) mass is 955 g/mol. The molecule has 0 aliphatic carbocycles. The van der Waals surface area contributed by atoms with Gasteiger partial charge in [0.15, 0.2) is 5.82 Å². The number of aliphatic hydroxyl groups is 1. The lowest BCUT2D eigenvalue weighted by Crippen LogP contribution is -2.52. The summed E-state index contributed by atoms with van der Waals surface area (Å²) >= 11 is 6.38. The van der Waals surface area contributed by atoms with Crippen molar-refractivity contribution in [2.75, 3.05) is 100 Å². The Hall–Kier alpha value is -6.91. The maximum atomic E-state index is 13.0. The second kappa shape index (κ2) is 23.7. The number of hydrogen-bond acceptors (Lipinski definition) is 15. The molecule has 0 bridgehead atoms. The zero-order valence-corrected chi connectivity index (χ0v) is 38.2. The van der Waals surface area contributed by atoms with Gasteiger partial charge >= 0.3 is 6.03 Å². The lowest BCUT2D eigenvalue weighted by Gasteiger charge is -2.36. The maximum absolute atomic E-state index is 13.0. The van der Waals surface area contributed by atoms with E-state index in [1.807, 2.05) is 24.3 Å². The second-order valence-electron chi connectivity index (χ2n) is 16.0. The summed E-state index contributed by atoms with van der Waals surface area (Å²) in [7, 11) is 1.56. The fourth-order valence-corrected chi connectivity index (χ4v) is 7.87. The number of piperidine rings is 1. The Kier molecular flexibility index (Phi) is 17.1. The number of amides is 7. The molecule has 2 unspecified atom stereocenters. The summed E-state index contributed by atoms with van der Waals surface area (Å²) in [6.07, 6.45) is 1.04. The first-order valence-electron chi connectivity index (χ1n) is 22.2. The second-order valence-corrected chi connectivity index (χ2v) is 16.4. The molecule has 0 radical (unpaired) electrons. The molecule has 360 valence electrons. The molecule has 68 heavy (non-hydrogen) atoms. The molecule has 1 aromatic heterocycles. The van der Waals surface area contributed by atoms with E-state index in [0.29, 0.717) is 66.0 Å². The summed E-state index contributed by atoms with van der Waals surface area (Å²) in [4.78, 5) is 88.9. The summed E-state index contributed by atoms with van der Waals surface area (Å²) in [6.45, 7) is 3.56. The molecule has 2 fully saturated rings. The van der Waals surface area contributed by atoms with Gasteiger partial charge in [-0.25, -0.2) is 9.78 Å². The van der Waals surface area contributed by atoms with Gasteiger partial charge in [0.1, 0.15) is 11.1 Å². The van der Waals surface area contributed by atoms with Gasteiger partial charge in [0.05, 0.1) is 69.6 Å². The minimum absolute atomic E-state index is 0.0114. The van der Waals surface area contributed by atoms with Crippen LogP contribution in [0.1, 0.15) is 45.5 Å². The van der Waals surface area contributed by atoms with E-state index in [1.165, 1.54) is 11.1 Å². The third kappa shape index (κ3) is 12.9. The highest BCUT2D eigenvalue weighted by atomic mass is 35.5. The molecule has 0 saturated carbocycles. The Labute approximate surface area is 397 Å². The number of anilines is 6. The molecule has 4 aromatic rings. The quantitative estimate of drug-likeness (QED) is 0.0468. The molecule has 3 aliphatic rings. The van der Waals surface area contributed by atoms with Crippen LogP contribution in [0, 0.1) is 0 Å². The number of aliphatic hydroxyl groups excluding tert-OH is 1. The van der Waals surface area contributed by atoms with Crippen LogP contribution in [0.5, 0.6) is 0 Å². The van der Waals surface area contributed by atoms with Crippen LogP contribution in [0.15, 0.2) is 72.9 Å². The van der Waals surface area contributed by atoms with Crippen molar-refractivity contribution < 1.29 is 48.1 Å². The van der Waals surface area contributed by atoms with Gasteiger partial charge < -0.3 is 60.6 Å². The predicted octanol–water partition coefficient (Wildman–Crippen LogP) is 3.01. The summed E-state index contributed by atoms with van der Waals surface area (Å²) in [6, 6.07) is 18.8. The molecular formula is C46H54ClN11O10. The van der Waals surface area contributed by atoms with Gasteiger partial charge in [-0.2, -0.15) is 4.98 Å². The van der Waals surface area contributed by atoms with Gasteiger partial charge in [0.25, 0.3) is 11.8 Å². The van der Waals surface area contributed by atoms with Crippen molar-refractivity contribution in [3.8, 4) is 0 Å². The number of carbonyl (C=O) groups is 6. The Balaban J connectivity index is 0.713. The smallest absolute Gasteiger partial charge is 0.317 e. The van der Waals surface area contributed by atoms with Gasteiger partial charge in [-0.1, -0.05) is 29.8 Å². The van der Waals surface area contributed by atoms with Crippen molar-refractivity contribution in [3.63, 3.8) is 0 Å². The van der Waals surface area contributed by atoms with E-state index in [1.54, 1.807) is 54.4 Å². The highest BCUT2D eigenvalue weighted by molar-refractivity contribution is 6.33. The zero-order chi connectivity index (χ0) is 48.0. The number of urea groups is 1. The van der Waals surface area contributed by atoms with Crippen molar-refractivity contribution in [2.45, 2.75) is 38.0 Å². The normalized spacial score (nSPS) is 16.2. The zero-order valence-electron chi connectivity index (χ0n) is 37.4. The van der Waals surface area contributed by atoms with Crippen LogP contribution in [0.3, 0.4) is 0 Å². The number of piperazine rings is 1. The summed E-state index contributed by atoms with van der Waals surface area (Å²) in [5.41, 5.74) is 4.24. The Morgan fingerprint density at radius 1 is 0.882 bits per heavy atom. The van der Waals surface area contributed by atoms with E-state index >= 15 is 0 Å². The van der Waals surface area contributed by atoms with Crippen LogP contribution >= 0.6 is 11.6 Å². The number of nitrogens with one attached hydrogen (secondary N) is 6. The number of para-hydroxylation sites is 1. The van der Waals surface area contributed by atoms with E-state index in [2.05, 4.69) is 46.8 Å². The molecule has 7 amide bonds. The largest absolute Gasteiger partial charge is 0.389 e. The van der Waals surface area contributed by atoms with Crippen molar-refractivity contribution >= 4 is 81.7 Å². The lowest BCUT2D eigenvalue weighted by atomic mass is 10.0. The van der Waals surface area contributed by atoms with E-state index in [-0.39, 0.29) is 107 Å². The Morgan fingerprint density at radius 2 is 1.60 bits per heavy atom. The number of rotatable bonds is 21. The van der Waals surface area contributed by atoms with Crippen LogP contribution in [0.25, 0.3) is 0 Å². The lowest BCUT2D eigenvalue weighted by molar-refractivity contribution is -0.137. The molecule has 3 aliphatic heterocycles. The number of fused-ring (bicyclic) bond motifs is 1. The molecule has 2 saturated heterocycles. The molecule has 3 aromatic carbocycles. The van der Waals surface area contributed by atoms with Crippen molar-refractivity contribution in [1.82, 2.24) is 35.7 Å². The third-order valence-electron chi connectivity index (χ3n) is 11.3. The van der Waals surface area contributed by atoms with Crippen LogP contribution in [-0.4, -0.2) is 152 Å². The van der Waals surface area contributed by atoms with Gasteiger partial charge in [-0.15, -0.1) is 0 Å². The average Bonchev–Trinajstić information content (AvgIpc) is 3.68. The number of aromatic nitrogens is 2. The minimum Gasteiger partial charge on any atom is -0.389 e. The van der Waals surface area contributed by atoms with Crippen molar-refractivity contribution in [2.24, 2.45) is 0 Å². The van der Waals surface area contributed by atoms with Crippen molar-refractivity contribution in [1.29, 1.82) is 0 Å². The minimum atomic E-state index is -0.907. The van der Waals surface area contributed by atoms with Gasteiger partial charge in [0.2, 0.25) is 23.7 Å². The first-order valence-corrected chi connectivity index (χ1v) is 22.6. The van der Waals surface area contributed by atoms with E-state index in [4.69, 9.17) is 25.8 Å². The number of benzene rings is 3. The van der Waals surface area contributed by atoms with E-state index < -0.39 is 18.1 Å². The predicted molar refractivity (Wildman–Crippen MR) is 251 cm³/mol. The highest BCUT2D eigenvalue weighted by Gasteiger charge is 2.40. The molecule has 2 atom stereocenters. The highest BCUT2D eigenvalue weighted by Crippen LogP contribution is 2.33. The van der Waals surface area contributed by atoms with Gasteiger partial charge in [-0.3, -0.25) is 29.3 Å². The standard InChI is InChI=1S/C46H54ClN11O10/c1-48-42(62)33-5-2-3-7-36(33)53-41-35(47)26-49-45(55-41)51-29-9-11-30(12-10-29)56-16-18-57(19-17-56)46(65)50-25-31(59)28-68-24-23-67-22-21-66-20-15-40(61)52-37-8-4-6-32-34(37)27-58(44(32)64)38-13-14-39(60)54-43(38)63/h2-12,26,31,38,59H,13-25,27-28H2,1H3,(H,48,62)(H,50,65)(H,52,61)(H,54,60,63)(H2,49,51,53,55). The maximum Gasteiger partial charge on any atom is 0.317 e. The van der Waals surface area contributed by atoms with Crippen LogP contribution in [0.4, 0.5) is 39.3 Å². The summed E-state index contributed by atoms with van der Waals surface area (Å²) < 4.78 is 16.5. The first kappa shape index (κ1) is 49.0. The number of ether oxygens (including phenoxy) is 3. The van der Waals surface area contributed by atoms with Crippen LogP contribution in [0.2, 0.25) is 5.02 Å². The van der Waals surface area contributed by atoms with Crippen LogP contribution < -0.4 is 36.8 Å². The summed E-state index contributed by atoms with van der Waals surface area (Å²) in [5, 5.41) is 27.5. The first-order chi connectivity index (χ1) is 33.0. The molecular weight excluding hydrogens is 902 g/mol. The molecule has 4 heterocycles. The van der Waals surface area contributed by atoms with Gasteiger partial charge in [-0.05, 0) is 55.0 Å². The number of imide groups is 1. The average molecular weight is 956 g/mol. The molecule has 21 nitrogen and oxygen atoms in total. The number of halogens is 1. The third-order valence-corrected chi connectivity index (χ3v) is 11.6. The fourth-order valence-electron chi connectivity index (χ4n) is 7.74. The Morgan fingerprint density at radius 3 is 2.35 bits per heavy atom. The molecule has 22 heteroatoms. The van der Waals surface area contributed by atoms with E-state index in [9.17, 15) is 33.9 Å². The van der Waals surface area contributed by atoms with Crippen molar-refractivity contribution in [3.05, 3.63) is 94.6 Å². The molecule has 0 spiro atoms. The summed E-state index contributed by atoms with van der Waals surface area (Å²) in [5.74, 6) is -1.08. The topological polar surface area (TPSA) is 258 Å². The van der Waals surface area contributed by atoms with Gasteiger partial charge in [0, 0.05) is 80.9 Å². The SMILES string of the molecule is CNC(=O)c1ccccc1Nc1nc(Nc2ccc(N3CCN(C(=O)NCC(O)COCCOCCOCCC(=O)Nc4cccc5c4CN(C4CCC(=O)NC4=O)C5=O)CC3)cc2)ncc1Cl. The van der Waals surface area contributed by atoms with Crippen LogP contribution in [-0.2, 0) is 35.1 Å². The fraction of sp³-hybridized carbons (Fsp3) is 0.391. The number of hydrogen-bond donors (Lipinski definition) is 7. The number of carbonyl (C=O) groups excluding carboxylic acids is 6. The molecule has 7 rings (SSSR count).